The first-order valence-corrected chi connectivity index (χ1v) is 8.50. The van der Waals surface area contributed by atoms with Gasteiger partial charge in [-0.25, -0.2) is 4.79 Å². The number of hydrogen-bond donors (Lipinski definition) is 1. The minimum atomic E-state index is -0.818. The molecule has 1 fully saturated rings. The third-order valence-corrected chi connectivity index (χ3v) is 4.29. The number of amides is 2. The van der Waals surface area contributed by atoms with Crippen molar-refractivity contribution in [1.29, 1.82) is 0 Å². The predicted molar refractivity (Wildman–Crippen MR) is 93.5 cm³/mol. The van der Waals surface area contributed by atoms with Gasteiger partial charge in [-0.05, 0) is 31.4 Å². The molecule has 0 aromatic heterocycles. The SMILES string of the molecule is C=CC(=O)N1CCC(C(=O)N[C@@H](C(=O)OCC)c2ccccc2)CC1. The summed E-state index contributed by atoms with van der Waals surface area (Å²) >= 11 is 0. The van der Waals surface area contributed by atoms with Crippen LogP contribution in [0.4, 0.5) is 0 Å². The van der Waals surface area contributed by atoms with E-state index in [-0.39, 0.29) is 24.3 Å². The van der Waals surface area contributed by atoms with E-state index in [9.17, 15) is 14.4 Å². The number of piperidine rings is 1. The standard InChI is InChI=1S/C19H24N2O4/c1-3-16(22)21-12-10-15(11-13-21)18(23)20-17(19(24)25-4-2)14-8-6-5-7-9-14/h3,5-9,15,17H,1,4,10-13H2,2H3,(H,20,23)/t17-/m1/s1. The molecular weight excluding hydrogens is 320 g/mol. The van der Waals surface area contributed by atoms with Crippen molar-refractivity contribution in [2.45, 2.75) is 25.8 Å². The van der Waals surface area contributed by atoms with Crippen molar-refractivity contribution in [3.63, 3.8) is 0 Å². The Balaban J connectivity index is 2.01. The molecule has 25 heavy (non-hydrogen) atoms. The van der Waals surface area contributed by atoms with E-state index in [2.05, 4.69) is 11.9 Å². The van der Waals surface area contributed by atoms with E-state index in [0.717, 1.165) is 0 Å². The van der Waals surface area contributed by atoms with Gasteiger partial charge in [0.25, 0.3) is 0 Å². The maximum atomic E-state index is 12.6. The predicted octanol–water partition coefficient (Wildman–Crippen LogP) is 1.83. The molecule has 2 rings (SSSR count). The molecule has 1 N–H and O–H groups in total. The van der Waals surface area contributed by atoms with E-state index in [0.29, 0.717) is 31.5 Å². The van der Waals surface area contributed by atoms with E-state index in [1.165, 1.54) is 6.08 Å². The number of likely N-dealkylation sites (tertiary alicyclic amines) is 1. The van der Waals surface area contributed by atoms with Crippen molar-refractivity contribution < 1.29 is 19.1 Å². The zero-order valence-electron chi connectivity index (χ0n) is 14.4. The Kier molecular flexibility index (Phi) is 6.74. The van der Waals surface area contributed by atoms with Gasteiger partial charge in [-0.3, -0.25) is 9.59 Å². The Morgan fingerprint density at radius 3 is 2.48 bits per heavy atom. The van der Waals surface area contributed by atoms with Crippen LogP contribution in [0.5, 0.6) is 0 Å². The number of benzene rings is 1. The minimum Gasteiger partial charge on any atom is -0.464 e. The normalized spacial score (nSPS) is 16.0. The van der Waals surface area contributed by atoms with Crippen LogP contribution < -0.4 is 5.32 Å². The first-order valence-electron chi connectivity index (χ1n) is 8.50. The van der Waals surface area contributed by atoms with Gasteiger partial charge < -0.3 is 15.0 Å². The number of esters is 1. The van der Waals surface area contributed by atoms with E-state index in [1.54, 1.807) is 24.0 Å². The molecule has 0 unspecified atom stereocenters. The first kappa shape index (κ1) is 18.7. The molecule has 6 heteroatoms. The fourth-order valence-electron chi connectivity index (χ4n) is 2.90. The maximum Gasteiger partial charge on any atom is 0.333 e. The van der Waals surface area contributed by atoms with Gasteiger partial charge in [0.15, 0.2) is 6.04 Å². The number of carbonyl (C=O) groups is 3. The van der Waals surface area contributed by atoms with Crippen LogP contribution in [0, 0.1) is 5.92 Å². The highest BCUT2D eigenvalue weighted by Crippen LogP contribution is 2.21. The molecule has 2 amide bonds. The minimum absolute atomic E-state index is 0.118. The third kappa shape index (κ3) is 4.92. The molecule has 0 bridgehead atoms. The zero-order valence-corrected chi connectivity index (χ0v) is 14.4. The van der Waals surface area contributed by atoms with Crippen LogP contribution in [-0.4, -0.2) is 42.4 Å². The summed E-state index contributed by atoms with van der Waals surface area (Å²) < 4.78 is 5.09. The molecule has 1 saturated heterocycles. The van der Waals surface area contributed by atoms with Crippen LogP contribution in [0.2, 0.25) is 0 Å². The molecule has 0 spiro atoms. The largest absolute Gasteiger partial charge is 0.464 e. The molecule has 0 radical (unpaired) electrons. The van der Waals surface area contributed by atoms with Crippen LogP contribution in [0.15, 0.2) is 43.0 Å². The van der Waals surface area contributed by atoms with Gasteiger partial charge in [-0.15, -0.1) is 0 Å². The highest BCUT2D eigenvalue weighted by atomic mass is 16.5. The van der Waals surface area contributed by atoms with Crippen molar-refractivity contribution in [3.05, 3.63) is 48.6 Å². The molecule has 1 aromatic rings. The number of carbonyl (C=O) groups excluding carboxylic acids is 3. The van der Waals surface area contributed by atoms with Gasteiger partial charge >= 0.3 is 5.97 Å². The molecule has 1 heterocycles. The summed E-state index contributed by atoms with van der Waals surface area (Å²) in [6.07, 6.45) is 2.41. The quantitative estimate of drug-likeness (QED) is 0.631. The number of ether oxygens (including phenoxy) is 1. The summed E-state index contributed by atoms with van der Waals surface area (Å²) in [5, 5.41) is 2.81. The number of rotatable bonds is 6. The van der Waals surface area contributed by atoms with Gasteiger partial charge in [0.1, 0.15) is 0 Å². The highest BCUT2D eigenvalue weighted by Gasteiger charge is 2.30. The topological polar surface area (TPSA) is 75.7 Å². The molecule has 134 valence electrons. The van der Waals surface area contributed by atoms with Gasteiger partial charge in [-0.2, -0.15) is 0 Å². The van der Waals surface area contributed by atoms with E-state index < -0.39 is 12.0 Å². The van der Waals surface area contributed by atoms with Crippen molar-refractivity contribution >= 4 is 17.8 Å². The molecule has 0 aliphatic carbocycles. The average Bonchev–Trinajstić information content (AvgIpc) is 2.66. The fourth-order valence-corrected chi connectivity index (χ4v) is 2.90. The molecule has 1 aromatic carbocycles. The van der Waals surface area contributed by atoms with Crippen LogP contribution in [0.25, 0.3) is 0 Å². The highest BCUT2D eigenvalue weighted by molar-refractivity contribution is 5.88. The van der Waals surface area contributed by atoms with Crippen molar-refractivity contribution in [1.82, 2.24) is 10.2 Å². The Hall–Kier alpha value is -2.63. The second kappa shape index (κ2) is 9.01. The molecule has 0 saturated carbocycles. The molecule has 1 atom stereocenters. The average molecular weight is 344 g/mol. The fraction of sp³-hybridized carbons (Fsp3) is 0.421. The number of hydrogen-bond acceptors (Lipinski definition) is 4. The summed E-state index contributed by atoms with van der Waals surface area (Å²) in [5.74, 6) is -1.00. The lowest BCUT2D eigenvalue weighted by Gasteiger charge is -2.31. The summed E-state index contributed by atoms with van der Waals surface area (Å²) in [6.45, 7) is 6.48. The van der Waals surface area contributed by atoms with Crippen LogP contribution >= 0.6 is 0 Å². The third-order valence-electron chi connectivity index (χ3n) is 4.29. The van der Waals surface area contributed by atoms with E-state index >= 15 is 0 Å². The van der Waals surface area contributed by atoms with Crippen molar-refractivity contribution in [3.8, 4) is 0 Å². The van der Waals surface area contributed by atoms with Gasteiger partial charge in [-0.1, -0.05) is 36.9 Å². The van der Waals surface area contributed by atoms with Crippen LogP contribution in [0.1, 0.15) is 31.4 Å². The molecular formula is C19H24N2O4. The second-order valence-corrected chi connectivity index (χ2v) is 5.91. The molecule has 1 aliphatic rings. The van der Waals surface area contributed by atoms with E-state index in [4.69, 9.17) is 4.74 Å². The smallest absolute Gasteiger partial charge is 0.333 e. The van der Waals surface area contributed by atoms with Crippen LogP contribution in [0.3, 0.4) is 0 Å². The summed E-state index contributed by atoms with van der Waals surface area (Å²) in [5.41, 5.74) is 0.688. The second-order valence-electron chi connectivity index (χ2n) is 5.91. The maximum absolute atomic E-state index is 12.6. The van der Waals surface area contributed by atoms with Crippen molar-refractivity contribution in [2.75, 3.05) is 19.7 Å². The lowest BCUT2D eigenvalue weighted by Crippen LogP contribution is -2.44. The monoisotopic (exact) mass is 344 g/mol. The molecule has 1 aliphatic heterocycles. The van der Waals surface area contributed by atoms with E-state index in [1.807, 2.05) is 18.2 Å². The molecule has 6 nitrogen and oxygen atoms in total. The lowest BCUT2D eigenvalue weighted by molar-refractivity contribution is -0.148. The Bertz CT molecular complexity index is 622. The van der Waals surface area contributed by atoms with Crippen LogP contribution in [-0.2, 0) is 19.1 Å². The lowest BCUT2D eigenvalue weighted by atomic mass is 9.95. The first-order chi connectivity index (χ1) is 12.1. The number of nitrogens with zero attached hydrogens (tertiary/aromatic N) is 1. The summed E-state index contributed by atoms with van der Waals surface area (Å²) in [7, 11) is 0. The van der Waals surface area contributed by atoms with Gasteiger partial charge in [0, 0.05) is 19.0 Å². The Morgan fingerprint density at radius 2 is 1.92 bits per heavy atom. The number of nitrogens with one attached hydrogen (secondary N) is 1. The zero-order chi connectivity index (χ0) is 18.2. The Labute approximate surface area is 147 Å². The summed E-state index contributed by atoms with van der Waals surface area (Å²) in [6, 6.07) is 8.22. The van der Waals surface area contributed by atoms with Crippen molar-refractivity contribution in [2.24, 2.45) is 5.92 Å². The van der Waals surface area contributed by atoms with Gasteiger partial charge in [0.05, 0.1) is 6.61 Å². The summed E-state index contributed by atoms with van der Waals surface area (Å²) in [4.78, 5) is 38.1. The Morgan fingerprint density at radius 1 is 1.28 bits per heavy atom. The van der Waals surface area contributed by atoms with Gasteiger partial charge in [0.2, 0.25) is 11.8 Å².